The first-order valence-electron chi connectivity index (χ1n) is 6.25. The summed E-state index contributed by atoms with van der Waals surface area (Å²) in [4.78, 5) is 13.4. The standard InChI is InChI=1S/C14H18ClNO/c1-2-16(9-11-5-3-6-11)14-8-4-7-13(15)12(14)10-17/h4,7-8,10-11H,2-3,5-6,9H2,1H3. The molecule has 0 N–H and O–H groups in total. The lowest BCUT2D eigenvalue weighted by atomic mass is 9.85. The van der Waals surface area contributed by atoms with Crippen molar-refractivity contribution in [2.24, 2.45) is 5.92 Å². The third-order valence-corrected chi connectivity index (χ3v) is 3.90. The molecule has 1 aromatic carbocycles. The van der Waals surface area contributed by atoms with Gasteiger partial charge in [0.15, 0.2) is 6.29 Å². The van der Waals surface area contributed by atoms with E-state index in [-0.39, 0.29) is 0 Å². The van der Waals surface area contributed by atoms with Crippen LogP contribution in [0.3, 0.4) is 0 Å². The van der Waals surface area contributed by atoms with Gasteiger partial charge in [-0.25, -0.2) is 0 Å². The maximum atomic E-state index is 11.1. The van der Waals surface area contributed by atoms with Gasteiger partial charge >= 0.3 is 0 Å². The fourth-order valence-corrected chi connectivity index (χ4v) is 2.52. The summed E-state index contributed by atoms with van der Waals surface area (Å²) in [6.45, 7) is 4.07. The molecule has 0 aliphatic heterocycles. The van der Waals surface area contributed by atoms with Crippen molar-refractivity contribution < 1.29 is 4.79 Å². The van der Waals surface area contributed by atoms with Gasteiger partial charge in [0, 0.05) is 18.8 Å². The lowest BCUT2D eigenvalue weighted by Crippen LogP contribution is -2.33. The molecule has 1 aromatic rings. The van der Waals surface area contributed by atoms with E-state index in [9.17, 15) is 4.79 Å². The second kappa shape index (κ2) is 5.54. The molecule has 1 aliphatic carbocycles. The van der Waals surface area contributed by atoms with Gasteiger partial charge in [-0.1, -0.05) is 24.1 Å². The van der Waals surface area contributed by atoms with Crippen LogP contribution in [0.5, 0.6) is 0 Å². The molecule has 0 spiro atoms. The second-order valence-electron chi connectivity index (χ2n) is 4.63. The van der Waals surface area contributed by atoms with Gasteiger partial charge in [-0.15, -0.1) is 0 Å². The van der Waals surface area contributed by atoms with E-state index < -0.39 is 0 Å². The van der Waals surface area contributed by atoms with E-state index in [1.807, 2.05) is 12.1 Å². The lowest BCUT2D eigenvalue weighted by molar-refractivity contribution is 0.112. The third-order valence-electron chi connectivity index (χ3n) is 3.57. The van der Waals surface area contributed by atoms with Crippen LogP contribution in [0.1, 0.15) is 36.5 Å². The molecule has 0 amide bonds. The minimum atomic E-state index is 0.546. The van der Waals surface area contributed by atoms with Gasteiger partial charge in [0.05, 0.1) is 10.6 Å². The Kier molecular flexibility index (Phi) is 4.06. The zero-order valence-electron chi connectivity index (χ0n) is 10.2. The van der Waals surface area contributed by atoms with Crippen molar-refractivity contribution in [1.82, 2.24) is 0 Å². The van der Waals surface area contributed by atoms with Crippen LogP contribution in [0.15, 0.2) is 18.2 Å². The zero-order chi connectivity index (χ0) is 12.3. The third kappa shape index (κ3) is 2.63. The van der Waals surface area contributed by atoms with E-state index in [0.717, 1.165) is 31.0 Å². The summed E-state index contributed by atoms with van der Waals surface area (Å²) in [6, 6.07) is 5.66. The van der Waals surface area contributed by atoms with Crippen molar-refractivity contribution in [3.8, 4) is 0 Å². The second-order valence-corrected chi connectivity index (χ2v) is 5.03. The van der Waals surface area contributed by atoms with Crippen LogP contribution < -0.4 is 4.90 Å². The summed E-state index contributed by atoms with van der Waals surface area (Å²) in [6.07, 6.45) is 4.83. The molecule has 2 nitrogen and oxygen atoms in total. The maximum absolute atomic E-state index is 11.1. The number of anilines is 1. The van der Waals surface area contributed by atoms with Gasteiger partial charge < -0.3 is 4.90 Å². The number of nitrogens with zero attached hydrogens (tertiary/aromatic N) is 1. The van der Waals surface area contributed by atoms with Crippen LogP contribution in [0, 0.1) is 5.92 Å². The smallest absolute Gasteiger partial charge is 0.153 e. The van der Waals surface area contributed by atoms with Gasteiger partial charge in [-0.2, -0.15) is 0 Å². The number of hydrogen-bond donors (Lipinski definition) is 0. The van der Waals surface area contributed by atoms with Gasteiger partial charge in [0.1, 0.15) is 0 Å². The highest BCUT2D eigenvalue weighted by molar-refractivity contribution is 6.33. The van der Waals surface area contributed by atoms with Gasteiger partial charge in [-0.3, -0.25) is 4.79 Å². The molecule has 0 unspecified atom stereocenters. The SMILES string of the molecule is CCN(CC1CCC1)c1cccc(Cl)c1C=O. The zero-order valence-corrected chi connectivity index (χ0v) is 10.9. The minimum absolute atomic E-state index is 0.546. The Balaban J connectivity index is 2.22. The van der Waals surface area contributed by atoms with Crippen LogP contribution in [0.4, 0.5) is 5.69 Å². The van der Waals surface area contributed by atoms with E-state index in [1.54, 1.807) is 6.07 Å². The average molecular weight is 252 g/mol. The average Bonchev–Trinajstić information content (AvgIpc) is 2.28. The largest absolute Gasteiger partial charge is 0.371 e. The van der Waals surface area contributed by atoms with Crippen molar-refractivity contribution in [1.29, 1.82) is 0 Å². The minimum Gasteiger partial charge on any atom is -0.371 e. The summed E-state index contributed by atoms with van der Waals surface area (Å²) in [5.74, 6) is 0.786. The van der Waals surface area contributed by atoms with E-state index in [1.165, 1.54) is 19.3 Å². The van der Waals surface area contributed by atoms with E-state index >= 15 is 0 Å². The van der Waals surface area contributed by atoms with Gasteiger partial charge in [0.25, 0.3) is 0 Å². The topological polar surface area (TPSA) is 20.3 Å². The molecule has 0 saturated heterocycles. The maximum Gasteiger partial charge on any atom is 0.153 e. The molecule has 0 heterocycles. The molecular weight excluding hydrogens is 234 g/mol. The molecular formula is C14H18ClNO. The first kappa shape index (κ1) is 12.4. The lowest BCUT2D eigenvalue weighted by Gasteiger charge is -2.33. The summed E-state index contributed by atoms with van der Waals surface area (Å²) >= 11 is 6.06. The molecule has 1 fully saturated rings. The summed E-state index contributed by atoms with van der Waals surface area (Å²) in [5.41, 5.74) is 1.59. The van der Waals surface area contributed by atoms with Crippen LogP contribution in [-0.2, 0) is 0 Å². The fourth-order valence-electron chi connectivity index (χ4n) is 2.30. The highest BCUT2D eigenvalue weighted by Gasteiger charge is 2.21. The first-order chi connectivity index (χ1) is 8.26. The van der Waals surface area contributed by atoms with Crippen molar-refractivity contribution >= 4 is 23.6 Å². The molecule has 3 heteroatoms. The van der Waals surface area contributed by atoms with E-state index in [0.29, 0.717) is 10.6 Å². The summed E-state index contributed by atoms with van der Waals surface area (Å²) in [7, 11) is 0. The van der Waals surface area contributed by atoms with Gasteiger partial charge in [0.2, 0.25) is 0 Å². The number of aldehydes is 1. The van der Waals surface area contributed by atoms with E-state index in [4.69, 9.17) is 11.6 Å². The molecule has 1 saturated carbocycles. The number of benzene rings is 1. The predicted octanol–water partition coefficient (Wildman–Crippen LogP) is 3.78. The highest BCUT2D eigenvalue weighted by Crippen LogP contribution is 2.31. The Bertz CT molecular complexity index is 401. The molecule has 2 rings (SSSR count). The number of rotatable bonds is 5. The molecule has 0 atom stereocenters. The molecule has 0 bridgehead atoms. The summed E-state index contributed by atoms with van der Waals surface area (Å²) < 4.78 is 0. The Morgan fingerprint density at radius 3 is 2.76 bits per heavy atom. The molecule has 0 radical (unpaired) electrons. The molecule has 17 heavy (non-hydrogen) atoms. The van der Waals surface area contributed by atoms with Crippen LogP contribution >= 0.6 is 11.6 Å². The number of carbonyl (C=O) groups is 1. The van der Waals surface area contributed by atoms with Crippen LogP contribution in [0.25, 0.3) is 0 Å². The van der Waals surface area contributed by atoms with Crippen molar-refractivity contribution in [3.05, 3.63) is 28.8 Å². The number of carbonyl (C=O) groups excluding carboxylic acids is 1. The summed E-state index contributed by atoms with van der Waals surface area (Å²) in [5, 5.41) is 0.546. The normalized spacial score (nSPS) is 15.4. The predicted molar refractivity (Wildman–Crippen MR) is 72.1 cm³/mol. The van der Waals surface area contributed by atoms with E-state index in [2.05, 4.69) is 11.8 Å². The monoisotopic (exact) mass is 251 g/mol. The molecule has 0 aromatic heterocycles. The Morgan fingerprint density at radius 2 is 2.24 bits per heavy atom. The Labute approximate surface area is 108 Å². The number of hydrogen-bond acceptors (Lipinski definition) is 2. The fraction of sp³-hybridized carbons (Fsp3) is 0.500. The van der Waals surface area contributed by atoms with Gasteiger partial charge in [-0.05, 0) is 37.8 Å². The molecule has 92 valence electrons. The van der Waals surface area contributed by atoms with Crippen molar-refractivity contribution in [2.45, 2.75) is 26.2 Å². The van der Waals surface area contributed by atoms with Crippen LogP contribution in [-0.4, -0.2) is 19.4 Å². The molecule has 1 aliphatic rings. The first-order valence-corrected chi connectivity index (χ1v) is 6.62. The highest BCUT2D eigenvalue weighted by atomic mass is 35.5. The Hall–Kier alpha value is -1.02. The Morgan fingerprint density at radius 1 is 1.47 bits per heavy atom. The number of halogens is 1. The quantitative estimate of drug-likeness (QED) is 0.743. The van der Waals surface area contributed by atoms with Crippen molar-refractivity contribution in [3.63, 3.8) is 0 Å². The van der Waals surface area contributed by atoms with Crippen LogP contribution in [0.2, 0.25) is 5.02 Å². The van der Waals surface area contributed by atoms with Crippen molar-refractivity contribution in [2.75, 3.05) is 18.0 Å².